The Morgan fingerprint density at radius 3 is 2.56 bits per heavy atom. The Hall–Kier alpha value is -2.02. The molecule has 128 valence electrons. The average molecular weight is 394 g/mol. The van der Waals surface area contributed by atoms with E-state index in [1.165, 1.54) is 11.8 Å². The number of hydrogen-bond acceptors (Lipinski definition) is 5. The summed E-state index contributed by atoms with van der Waals surface area (Å²) >= 11 is 13.0. The van der Waals surface area contributed by atoms with E-state index in [2.05, 4.69) is 15.5 Å². The second-order valence-electron chi connectivity index (χ2n) is 5.14. The molecule has 1 unspecified atom stereocenters. The van der Waals surface area contributed by atoms with Crippen molar-refractivity contribution < 1.29 is 9.21 Å². The predicted molar refractivity (Wildman–Crippen MR) is 100 cm³/mol. The first-order valence-corrected chi connectivity index (χ1v) is 8.97. The molecule has 5 nitrogen and oxygen atoms in total. The number of nitrogens with zero attached hydrogens (tertiary/aromatic N) is 2. The Morgan fingerprint density at radius 2 is 1.84 bits per heavy atom. The van der Waals surface area contributed by atoms with Gasteiger partial charge in [0.25, 0.3) is 5.22 Å². The number of carbonyl (C=O) groups excluding carboxylic acids is 1. The molecule has 1 amide bonds. The van der Waals surface area contributed by atoms with Crippen LogP contribution in [0.3, 0.4) is 0 Å². The monoisotopic (exact) mass is 393 g/mol. The van der Waals surface area contributed by atoms with Gasteiger partial charge in [-0.05, 0) is 43.3 Å². The summed E-state index contributed by atoms with van der Waals surface area (Å²) in [7, 11) is 0. The molecule has 0 saturated heterocycles. The van der Waals surface area contributed by atoms with Crippen LogP contribution < -0.4 is 5.32 Å². The molecule has 0 fully saturated rings. The first kappa shape index (κ1) is 17.8. The second kappa shape index (κ2) is 7.91. The van der Waals surface area contributed by atoms with Gasteiger partial charge in [-0.3, -0.25) is 4.79 Å². The van der Waals surface area contributed by atoms with Crippen LogP contribution in [0.15, 0.2) is 58.2 Å². The van der Waals surface area contributed by atoms with Crippen LogP contribution in [0.2, 0.25) is 10.0 Å². The molecule has 1 N–H and O–H groups in total. The van der Waals surface area contributed by atoms with Crippen molar-refractivity contribution in [2.75, 3.05) is 5.32 Å². The Bertz CT molecular complexity index is 901. The van der Waals surface area contributed by atoms with Crippen LogP contribution in [0.5, 0.6) is 0 Å². The standard InChI is InChI=1S/C17H13Cl2N3O2S/c1-10(15(23)20-14-7-3-6-13(19)9-14)25-17-22-21-16(24-17)11-4-2-5-12(18)8-11/h2-10H,1H3,(H,20,23). The van der Waals surface area contributed by atoms with Crippen LogP contribution in [0.25, 0.3) is 11.5 Å². The van der Waals surface area contributed by atoms with Crippen molar-refractivity contribution in [2.45, 2.75) is 17.4 Å². The molecular weight excluding hydrogens is 381 g/mol. The molecule has 0 bridgehead atoms. The minimum Gasteiger partial charge on any atom is -0.411 e. The van der Waals surface area contributed by atoms with Gasteiger partial charge in [-0.1, -0.05) is 47.1 Å². The predicted octanol–water partition coefficient (Wildman–Crippen LogP) is 5.16. The summed E-state index contributed by atoms with van der Waals surface area (Å²) in [4.78, 5) is 12.3. The number of nitrogens with one attached hydrogen (secondary N) is 1. The number of anilines is 1. The smallest absolute Gasteiger partial charge is 0.277 e. The first-order chi connectivity index (χ1) is 12.0. The van der Waals surface area contributed by atoms with Crippen LogP contribution in [-0.4, -0.2) is 21.4 Å². The van der Waals surface area contributed by atoms with Crippen molar-refractivity contribution in [2.24, 2.45) is 0 Å². The number of rotatable bonds is 5. The zero-order valence-corrected chi connectivity index (χ0v) is 15.4. The highest BCUT2D eigenvalue weighted by molar-refractivity contribution is 8.00. The van der Waals surface area contributed by atoms with E-state index in [0.29, 0.717) is 26.8 Å². The van der Waals surface area contributed by atoms with E-state index in [9.17, 15) is 4.79 Å². The number of benzene rings is 2. The van der Waals surface area contributed by atoms with Gasteiger partial charge >= 0.3 is 0 Å². The third kappa shape index (κ3) is 4.75. The molecular formula is C17H13Cl2N3O2S. The lowest BCUT2D eigenvalue weighted by molar-refractivity contribution is -0.115. The molecule has 1 atom stereocenters. The van der Waals surface area contributed by atoms with Crippen molar-refractivity contribution >= 4 is 46.6 Å². The normalized spacial score (nSPS) is 12.0. The molecule has 3 aromatic rings. The van der Waals surface area contributed by atoms with Crippen molar-refractivity contribution in [1.29, 1.82) is 0 Å². The molecule has 3 rings (SSSR count). The fourth-order valence-electron chi connectivity index (χ4n) is 2.01. The molecule has 0 aliphatic heterocycles. The number of hydrogen-bond donors (Lipinski definition) is 1. The molecule has 1 aromatic heterocycles. The maximum Gasteiger partial charge on any atom is 0.277 e. The minimum atomic E-state index is -0.424. The zero-order chi connectivity index (χ0) is 17.8. The molecule has 1 heterocycles. The van der Waals surface area contributed by atoms with Gasteiger partial charge in [-0.25, -0.2) is 0 Å². The lowest BCUT2D eigenvalue weighted by Gasteiger charge is -2.09. The van der Waals surface area contributed by atoms with Crippen LogP contribution >= 0.6 is 35.0 Å². The molecule has 0 saturated carbocycles. The summed E-state index contributed by atoms with van der Waals surface area (Å²) in [5.41, 5.74) is 1.36. The average Bonchev–Trinajstić information content (AvgIpc) is 3.03. The number of thioether (sulfide) groups is 1. The van der Waals surface area contributed by atoms with Gasteiger partial charge in [-0.15, -0.1) is 10.2 Å². The summed E-state index contributed by atoms with van der Waals surface area (Å²) in [6.45, 7) is 1.76. The molecule has 25 heavy (non-hydrogen) atoms. The molecule has 0 aliphatic carbocycles. The van der Waals surface area contributed by atoms with Gasteiger partial charge in [0, 0.05) is 21.3 Å². The second-order valence-corrected chi connectivity index (χ2v) is 7.31. The van der Waals surface area contributed by atoms with E-state index >= 15 is 0 Å². The highest BCUT2D eigenvalue weighted by Gasteiger charge is 2.19. The van der Waals surface area contributed by atoms with Crippen molar-refractivity contribution in [3.63, 3.8) is 0 Å². The number of halogens is 2. The van der Waals surface area contributed by atoms with Crippen molar-refractivity contribution in [3.05, 3.63) is 58.6 Å². The van der Waals surface area contributed by atoms with Crippen molar-refractivity contribution in [1.82, 2.24) is 10.2 Å². The molecule has 0 spiro atoms. The quantitative estimate of drug-likeness (QED) is 0.606. The number of carbonyl (C=O) groups is 1. The third-order valence-electron chi connectivity index (χ3n) is 3.22. The van der Waals surface area contributed by atoms with E-state index in [1.54, 1.807) is 49.4 Å². The minimum absolute atomic E-state index is 0.185. The van der Waals surface area contributed by atoms with Gasteiger partial charge in [-0.2, -0.15) is 0 Å². The topological polar surface area (TPSA) is 68.0 Å². The van der Waals surface area contributed by atoms with Crippen LogP contribution in [0.1, 0.15) is 6.92 Å². The summed E-state index contributed by atoms with van der Waals surface area (Å²) in [5, 5.41) is 11.8. The number of aromatic nitrogens is 2. The Balaban J connectivity index is 1.65. The maximum atomic E-state index is 12.3. The van der Waals surface area contributed by atoms with Crippen LogP contribution in [0, 0.1) is 0 Å². The summed E-state index contributed by atoms with van der Waals surface area (Å²) in [6.07, 6.45) is 0. The fourth-order valence-corrected chi connectivity index (χ4v) is 3.07. The van der Waals surface area contributed by atoms with Gasteiger partial charge in [0.1, 0.15) is 0 Å². The largest absolute Gasteiger partial charge is 0.411 e. The summed E-state index contributed by atoms with van der Waals surface area (Å²) in [6, 6.07) is 14.1. The van der Waals surface area contributed by atoms with Crippen LogP contribution in [-0.2, 0) is 4.79 Å². The summed E-state index contributed by atoms with van der Waals surface area (Å²) in [5.74, 6) is 0.169. The van der Waals surface area contributed by atoms with E-state index < -0.39 is 5.25 Å². The van der Waals surface area contributed by atoms with Gasteiger partial charge in [0.05, 0.1) is 5.25 Å². The van der Waals surface area contributed by atoms with Crippen LogP contribution in [0.4, 0.5) is 5.69 Å². The van der Waals surface area contributed by atoms with E-state index in [4.69, 9.17) is 27.6 Å². The molecule has 0 radical (unpaired) electrons. The molecule has 2 aromatic carbocycles. The maximum absolute atomic E-state index is 12.3. The van der Waals surface area contributed by atoms with E-state index in [1.807, 2.05) is 6.07 Å². The molecule has 8 heteroatoms. The first-order valence-electron chi connectivity index (χ1n) is 7.34. The van der Waals surface area contributed by atoms with Crippen molar-refractivity contribution in [3.8, 4) is 11.5 Å². The number of amides is 1. The highest BCUT2D eigenvalue weighted by atomic mass is 35.5. The third-order valence-corrected chi connectivity index (χ3v) is 4.62. The fraction of sp³-hybridized carbons (Fsp3) is 0.118. The molecule has 0 aliphatic rings. The summed E-state index contributed by atoms with van der Waals surface area (Å²) < 4.78 is 5.60. The zero-order valence-electron chi connectivity index (χ0n) is 13.1. The Labute approximate surface area is 158 Å². The SMILES string of the molecule is CC(Sc1nnc(-c2cccc(Cl)c2)o1)C(=O)Nc1cccc(Cl)c1. The van der Waals surface area contributed by atoms with Gasteiger partial charge < -0.3 is 9.73 Å². The lowest BCUT2D eigenvalue weighted by Crippen LogP contribution is -2.22. The Kier molecular flexibility index (Phi) is 5.63. The lowest BCUT2D eigenvalue weighted by atomic mass is 10.2. The van der Waals surface area contributed by atoms with E-state index in [-0.39, 0.29) is 5.91 Å². The van der Waals surface area contributed by atoms with Gasteiger partial charge in [0.15, 0.2) is 0 Å². The Morgan fingerprint density at radius 1 is 1.12 bits per heavy atom. The van der Waals surface area contributed by atoms with Gasteiger partial charge in [0.2, 0.25) is 11.8 Å². The highest BCUT2D eigenvalue weighted by Crippen LogP contribution is 2.28. The van der Waals surface area contributed by atoms with E-state index in [0.717, 1.165) is 5.56 Å².